The highest BCUT2D eigenvalue weighted by atomic mass is 16.5. The smallest absolute Gasteiger partial charge is 0.268 e. The van der Waals surface area contributed by atoms with Gasteiger partial charge in [-0.25, -0.2) is 5.84 Å². The van der Waals surface area contributed by atoms with Crippen LogP contribution in [0.4, 0.5) is 0 Å². The molecule has 1 aromatic carbocycles. The van der Waals surface area contributed by atoms with E-state index < -0.39 is 0 Å². The van der Waals surface area contributed by atoms with Crippen molar-refractivity contribution in [3.05, 3.63) is 29.8 Å². The van der Waals surface area contributed by atoms with Gasteiger partial charge in [0.15, 0.2) is 0 Å². The van der Waals surface area contributed by atoms with Crippen molar-refractivity contribution in [2.24, 2.45) is 11.8 Å². The number of ether oxygens (including phenoxy) is 2. The number of rotatable bonds is 6. The van der Waals surface area contributed by atoms with Crippen LogP contribution in [-0.4, -0.2) is 25.2 Å². The number of carbonyl (C=O) groups excluding carboxylic acids is 1. The highest BCUT2D eigenvalue weighted by molar-refractivity contribution is 5.96. The predicted octanol–water partition coefficient (Wildman–Crippen LogP) is 2.26. The van der Waals surface area contributed by atoms with Crippen molar-refractivity contribution in [1.82, 2.24) is 5.43 Å². The van der Waals surface area contributed by atoms with Crippen LogP contribution in [-0.2, 0) is 4.74 Å². The lowest BCUT2D eigenvalue weighted by Crippen LogP contribution is -2.30. The summed E-state index contributed by atoms with van der Waals surface area (Å²) in [6.07, 6.45) is 5.10. The molecule has 0 aromatic heterocycles. The van der Waals surface area contributed by atoms with Crippen molar-refractivity contribution in [3.63, 3.8) is 0 Å². The summed E-state index contributed by atoms with van der Waals surface area (Å²) in [5.41, 5.74) is 2.55. The van der Waals surface area contributed by atoms with Gasteiger partial charge in [0.1, 0.15) is 12.4 Å². The fourth-order valence-electron chi connectivity index (χ4n) is 2.62. The second-order valence-corrected chi connectivity index (χ2v) is 5.57. The molecule has 0 spiro atoms. The first-order valence-electron chi connectivity index (χ1n) is 7.55. The van der Waals surface area contributed by atoms with Gasteiger partial charge in [0, 0.05) is 0 Å². The third-order valence-electron chi connectivity index (χ3n) is 3.92. The Bertz CT molecular complexity index is 457. The zero-order valence-corrected chi connectivity index (χ0v) is 12.5. The van der Waals surface area contributed by atoms with Gasteiger partial charge in [-0.05, 0) is 43.7 Å². The van der Waals surface area contributed by atoms with Crippen LogP contribution in [0.15, 0.2) is 24.3 Å². The summed E-state index contributed by atoms with van der Waals surface area (Å²) < 4.78 is 11.5. The fourth-order valence-corrected chi connectivity index (χ4v) is 2.62. The third-order valence-corrected chi connectivity index (χ3v) is 3.92. The molecule has 21 heavy (non-hydrogen) atoms. The number of hydrazine groups is 1. The van der Waals surface area contributed by atoms with Crippen LogP contribution in [0.1, 0.15) is 43.0 Å². The van der Waals surface area contributed by atoms with E-state index in [0.717, 1.165) is 18.8 Å². The van der Waals surface area contributed by atoms with Crippen LogP contribution >= 0.6 is 0 Å². The quantitative estimate of drug-likeness (QED) is 0.365. The van der Waals surface area contributed by atoms with E-state index in [2.05, 4.69) is 12.3 Å². The van der Waals surface area contributed by atoms with Crippen molar-refractivity contribution in [2.75, 3.05) is 13.2 Å². The van der Waals surface area contributed by atoms with Gasteiger partial charge in [-0.15, -0.1) is 0 Å². The predicted molar refractivity (Wildman–Crippen MR) is 81.0 cm³/mol. The first-order valence-corrected chi connectivity index (χ1v) is 7.55. The lowest BCUT2D eigenvalue weighted by Gasteiger charge is -2.26. The van der Waals surface area contributed by atoms with Crippen LogP contribution in [0, 0.1) is 5.92 Å². The number of carbonyl (C=O) groups is 1. The number of nitrogens with one attached hydrogen (secondary N) is 1. The monoisotopic (exact) mass is 292 g/mol. The molecule has 1 saturated carbocycles. The van der Waals surface area contributed by atoms with Crippen molar-refractivity contribution in [3.8, 4) is 5.75 Å². The van der Waals surface area contributed by atoms with Gasteiger partial charge < -0.3 is 9.47 Å². The first-order chi connectivity index (χ1) is 10.2. The molecule has 0 bridgehead atoms. The van der Waals surface area contributed by atoms with Crippen LogP contribution < -0.4 is 16.0 Å². The van der Waals surface area contributed by atoms with Crippen LogP contribution in [0.25, 0.3) is 0 Å². The molecule has 0 saturated heterocycles. The molecule has 5 heteroatoms. The van der Waals surface area contributed by atoms with E-state index in [1.165, 1.54) is 12.8 Å². The molecule has 1 aliphatic rings. The lowest BCUT2D eigenvalue weighted by molar-refractivity contribution is 0.00559. The van der Waals surface area contributed by atoms with Crippen LogP contribution in [0.2, 0.25) is 0 Å². The highest BCUT2D eigenvalue weighted by Crippen LogP contribution is 2.25. The Balaban J connectivity index is 1.75. The van der Waals surface area contributed by atoms with Crippen molar-refractivity contribution >= 4 is 5.91 Å². The van der Waals surface area contributed by atoms with E-state index in [1.807, 2.05) is 6.07 Å². The molecule has 1 aromatic rings. The van der Waals surface area contributed by atoms with Gasteiger partial charge in [-0.3, -0.25) is 10.2 Å². The number of benzene rings is 1. The van der Waals surface area contributed by atoms with E-state index in [4.69, 9.17) is 15.3 Å². The highest BCUT2D eigenvalue weighted by Gasteiger charge is 2.18. The second kappa shape index (κ2) is 8.00. The molecular formula is C16H24N2O3. The molecule has 5 nitrogen and oxygen atoms in total. The first kappa shape index (κ1) is 15.8. The van der Waals surface area contributed by atoms with Gasteiger partial charge in [0.05, 0.1) is 18.3 Å². The molecule has 116 valence electrons. The van der Waals surface area contributed by atoms with Gasteiger partial charge >= 0.3 is 0 Å². The van der Waals surface area contributed by atoms with E-state index in [9.17, 15) is 4.79 Å². The molecule has 0 unspecified atom stereocenters. The lowest BCUT2D eigenvalue weighted by atomic mass is 9.89. The van der Waals surface area contributed by atoms with Gasteiger partial charge in [0.25, 0.3) is 5.91 Å². The van der Waals surface area contributed by atoms with Gasteiger partial charge in [-0.1, -0.05) is 19.1 Å². The second-order valence-electron chi connectivity index (χ2n) is 5.57. The Hall–Kier alpha value is -1.59. The minimum absolute atomic E-state index is 0.354. The molecular weight excluding hydrogens is 268 g/mol. The van der Waals surface area contributed by atoms with Crippen molar-refractivity contribution in [1.29, 1.82) is 0 Å². The Morgan fingerprint density at radius 1 is 1.24 bits per heavy atom. The average molecular weight is 292 g/mol. The van der Waals surface area contributed by atoms with Crippen LogP contribution in [0.3, 0.4) is 0 Å². The van der Waals surface area contributed by atoms with Gasteiger partial charge in [0.2, 0.25) is 0 Å². The normalized spacial score (nSPS) is 21.8. The maximum absolute atomic E-state index is 11.6. The molecule has 0 aliphatic heterocycles. The minimum atomic E-state index is -0.354. The van der Waals surface area contributed by atoms with Crippen molar-refractivity contribution < 1.29 is 14.3 Å². The third kappa shape index (κ3) is 4.72. The van der Waals surface area contributed by atoms with Gasteiger partial charge in [-0.2, -0.15) is 0 Å². The number of amides is 1. The number of hydrogen-bond acceptors (Lipinski definition) is 4. The van der Waals surface area contributed by atoms with Crippen molar-refractivity contribution in [2.45, 2.75) is 38.7 Å². The van der Waals surface area contributed by atoms with E-state index in [1.54, 1.807) is 18.2 Å². The summed E-state index contributed by atoms with van der Waals surface area (Å²) in [4.78, 5) is 11.6. The van der Waals surface area contributed by atoms with E-state index in [0.29, 0.717) is 30.6 Å². The Labute approximate surface area is 125 Å². The Kier molecular flexibility index (Phi) is 6.02. The standard InChI is InChI=1S/C16H24N2O3/c1-12-6-8-13(9-7-12)20-10-11-21-15-5-3-2-4-14(15)16(19)18-17/h2-5,12-13H,6-11,17H2,1H3,(H,18,19). The number of hydrogen-bond donors (Lipinski definition) is 2. The molecule has 1 aliphatic carbocycles. The van der Waals surface area contributed by atoms with Crippen LogP contribution in [0.5, 0.6) is 5.75 Å². The SMILES string of the molecule is CC1CCC(OCCOc2ccccc2C(=O)NN)CC1. The Morgan fingerprint density at radius 3 is 2.67 bits per heavy atom. The number of nitrogen functional groups attached to an aromatic ring is 1. The summed E-state index contributed by atoms with van der Waals surface area (Å²) in [6.45, 7) is 3.26. The molecule has 0 heterocycles. The summed E-state index contributed by atoms with van der Waals surface area (Å²) in [5, 5.41) is 0. The number of nitrogens with two attached hydrogens (primary N) is 1. The summed E-state index contributed by atoms with van der Waals surface area (Å²) >= 11 is 0. The zero-order valence-electron chi connectivity index (χ0n) is 12.5. The van der Waals surface area contributed by atoms with E-state index >= 15 is 0 Å². The Morgan fingerprint density at radius 2 is 1.95 bits per heavy atom. The zero-order chi connectivity index (χ0) is 15.1. The molecule has 0 atom stereocenters. The molecule has 3 N–H and O–H groups in total. The molecule has 0 radical (unpaired) electrons. The maximum Gasteiger partial charge on any atom is 0.268 e. The topological polar surface area (TPSA) is 73.6 Å². The largest absolute Gasteiger partial charge is 0.490 e. The van der Waals surface area contributed by atoms with E-state index in [-0.39, 0.29) is 5.91 Å². The molecule has 1 fully saturated rings. The fraction of sp³-hybridized carbons (Fsp3) is 0.562. The minimum Gasteiger partial charge on any atom is -0.490 e. The maximum atomic E-state index is 11.6. The summed E-state index contributed by atoms with van der Waals surface area (Å²) in [5.74, 6) is 6.15. The molecule has 1 amide bonds. The summed E-state index contributed by atoms with van der Waals surface area (Å²) in [7, 11) is 0. The average Bonchev–Trinajstić information content (AvgIpc) is 2.53. The number of para-hydroxylation sites is 1. The molecule has 2 rings (SSSR count). The summed E-state index contributed by atoms with van der Waals surface area (Å²) in [6, 6.07) is 7.04.